The molecule has 0 saturated heterocycles. The third kappa shape index (κ3) is 1.51. The zero-order valence-corrected chi connectivity index (χ0v) is 8.40. The van der Waals surface area contributed by atoms with Gasteiger partial charge in [0, 0.05) is 11.8 Å². The van der Waals surface area contributed by atoms with Crippen LogP contribution in [0.3, 0.4) is 0 Å². The predicted molar refractivity (Wildman–Crippen MR) is 57.3 cm³/mol. The molecule has 0 saturated carbocycles. The quantitative estimate of drug-likeness (QED) is 0.795. The van der Waals surface area contributed by atoms with Crippen molar-refractivity contribution in [1.82, 2.24) is 9.61 Å². The molecule has 2 rings (SSSR count). The summed E-state index contributed by atoms with van der Waals surface area (Å²) in [5.41, 5.74) is 9.16. The average Bonchev–Trinajstić information content (AvgIpc) is 2.51. The highest BCUT2D eigenvalue weighted by atomic mass is 15.2. The normalized spacial score (nSPS) is 11.0. The predicted octanol–water partition coefficient (Wildman–Crippen LogP) is 1.53. The third-order valence-electron chi connectivity index (χ3n) is 2.47. The van der Waals surface area contributed by atoms with Gasteiger partial charge in [-0.2, -0.15) is 5.10 Å². The minimum absolute atomic E-state index is 0.740. The Bertz CT molecular complexity index is 431. The summed E-state index contributed by atoms with van der Waals surface area (Å²) < 4.78 is 1.93. The molecule has 0 unspecified atom stereocenters. The summed E-state index contributed by atoms with van der Waals surface area (Å²) in [6.45, 7) is 2.79. The molecule has 2 N–H and O–H groups in total. The van der Waals surface area contributed by atoms with Crippen LogP contribution in [0.15, 0.2) is 24.4 Å². The van der Waals surface area contributed by atoms with E-state index in [-0.39, 0.29) is 0 Å². The molecule has 0 spiro atoms. The number of aromatic nitrogens is 2. The van der Waals surface area contributed by atoms with Crippen LogP contribution in [0.5, 0.6) is 0 Å². The molecule has 0 atom stereocenters. The van der Waals surface area contributed by atoms with E-state index in [9.17, 15) is 0 Å². The average molecular weight is 189 g/mol. The second-order valence-corrected chi connectivity index (χ2v) is 3.49. The molecule has 0 amide bonds. The number of nitrogens with two attached hydrogens (primary N) is 1. The van der Waals surface area contributed by atoms with Gasteiger partial charge in [0.2, 0.25) is 0 Å². The van der Waals surface area contributed by atoms with E-state index in [4.69, 9.17) is 5.73 Å². The first kappa shape index (κ1) is 9.21. The van der Waals surface area contributed by atoms with Gasteiger partial charge >= 0.3 is 0 Å². The van der Waals surface area contributed by atoms with E-state index in [1.165, 1.54) is 11.1 Å². The molecule has 2 heterocycles. The van der Waals surface area contributed by atoms with E-state index in [0.717, 1.165) is 25.1 Å². The van der Waals surface area contributed by atoms with Gasteiger partial charge in [0.1, 0.15) is 0 Å². The number of aryl methyl sites for hydroxylation is 2. The highest BCUT2D eigenvalue weighted by Crippen LogP contribution is 2.16. The fraction of sp³-hybridized carbons (Fsp3) is 0.364. The van der Waals surface area contributed by atoms with E-state index in [1.807, 2.05) is 22.8 Å². The van der Waals surface area contributed by atoms with Crippen molar-refractivity contribution in [1.29, 1.82) is 0 Å². The molecule has 74 valence electrons. The highest BCUT2D eigenvalue weighted by Gasteiger charge is 2.07. The monoisotopic (exact) mass is 189 g/mol. The summed E-state index contributed by atoms with van der Waals surface area (Å²) in [6, 6.07) is 6.14. The second-order valence-electron chi connectivity index (χ2n) is 3.49. The standard InChI is InChI=1S/C11H15N3/c1-9-10(5-4-7-12)11-6-2-3-8-14(11)13-9/h2-3,6,8H,4-5,7,12H2,1H3. The summed E-state index contributed by atoms with van der Waals surface area (Å²) in [6.07, 6.45) is 4.03. The Morgan fingerprint density at radius 3 is 3.07 bits per heavy atom. The molecule has 14 heavy (non-hydrogen) atoms. The van der Waals surface area contributed by atoms with Crippen molar-refractivity contribution in [3.8, 4) is 0 Å². The third-order valence-corrected chi connectivity index (χ3v) is 2.47. The van der Waals surface area contributed by atoms with Crippen molar-refractivity contribution in [3.05, 3.63) is 35.7 Å². The van der Waals surface area contributed by atoms with E-state index in [2.05, 4.69) is 18.1 Å². The van der Waals surface area contributed by atoms with Crippen LogP contribution in [0.4, 0.5) is 0 Å². The number of fused-ring (bicyclic) bond motifs is 1. The molecule has 3 nitrogen and oxygen atoms in total. The van der Waals surface area contributed by atoms with Gasteiger partial charge in [-0.05, 0) is 38.4 Å². The van der Waals surface area contributed by atoms with Crippen LogP contribution in [-0.4, -0.2) is 16.2 Å². The molecule has 2 aromatic rings. The smallest absolute Gasteiger partial charge is 0.0696 e. The van der Waals surface area contributed by atoms with Gasteiger partial charge in [-0.25, -0.2) is 4.52 Å². The molecule has 0 aliphatic heterocycles. The first-order valence-electron chi connectivity index (χ1n) is 4.96. The van der Waals surface area contributed by atoms with Gasteiger partial charge in [0.15, 0.2) is 0 Å². The van der Waals surface area contributed by atoms with Crippen LogP contribution in [0.2, 0.25) is 0 Å². The van der Waals surface area contributed by atoms with Crippen LogP contribution in [0, 0.1) is 6.92 Å². The lowest BCUT2D eigenvalue weighted by Gasteiger charge is -1.97. The maximum Gasteiger partial charge on any atom is 0.0696 e. The molecule has 0 aliphatic rings. The molecule has 0 fully saturated rings. The van der Waals surface area contributed by atoms with Crippen LogP contribution in [0.25, 0.3) is 5.52 Å². The van der Waals surface area contributed by atoms with Crippen molar-refractivity contribution in [3.63, 3.8) is 0 Å². The summed E-state index contributed by atoms with van der Waals surface area (Å²) in [4.78, 5) is 0. The Hall–Kier alpha value is -1.35. The summed E-state index contributed by atoms with van der Waals surface area (Å²) in [7, 11) is 0. The zero-order valence-electron chi connectivity index (χ0n) is 8.40. The highest BCUT2D eigenvalue weighted by molar-refractivity contribution is 5.56. The van der Waals surface area contributed by atoms with Crippen LogP contribution < -0.4 is 5.73 Å². The van der Waals surface area contributed by atoms with Gasteiger partial charge in [-0.3, -0.25) is 0 Å². The first-order valence-corrected chi connectivity index (χ1v) is 4.96. The van der Waals surface area contributed by atoms with E-state index >= 15 is 0 Å². The number of pyridine rings is 1. The molecule has 0 bridgehead atoms. The van der Waals surface area contributed by atoms with Crippen LogP contribution in [0.1, 0.15) is 17.7 Å². The van der Waals surface area contributed by atoms with Gasteiger partial charge in [-0.1, -0.05) is 6.07 Å². The van der Waals surface area contributed by atoms with E-state index < -0.39 is 0 Å². The Morgan fingerprint density at radius 1 is 1.43 bits per heavy atom. The molecular weight excluding hydrogens is 174 g/mol. The molecule has 0 radical (unpaired) electrons. The Balaban J connectivity index is 2.45. The van der Waals surface area contributed by atoms with Gasteiger partial charge in [-0.15, -0.1) is 0 Å². The van der Waals surface area contributed by atoms with Gasteiger partial charge in [0.05, 0.1) is 11.2 Å². The molecule has 2 aromatic heterocycles. The van der Waals surface area contributed by atoms with Gasteiger partial charge < -0.3 is 5.73 Å². The molecular formula is C11H15N3. The van der Waals surface area contributed by atoms with Crippen molar-refractivity contribution in [2.45, 2.75) is 19.8 Å². The summed E-state index contributed by atoms with van der Waals surface area (Å²) in [5, 5.41) is 4.44. The van der Waals surface area contributed by atoms with E-state index in [0.29, 0.717) is 0 Å². The number of hydrogen-bond acceptors (Lipinski definition) is 2. The fourth-order valence-electron chi connectivity index (χ4n) is 1.76. The largest absolute Gasteiger partial charge is 0.330 e. The second kappa shape index (κ2) is 3.80. The fourth-order valence-corrected chi connectivity index (χ4v) is 1.76. The molecule has 0 aliphatic carbocycles. The van der Waals surface area contributed by atoms with Gasteiger partial charge in [0.25, 0.3) is 0 Å². The maximum absolute atomic E-state index is 5.51. The van der Waals surface area contributed by atoms with Crippen molar-refractivity contribution in [2.75, 3.05) is 6.54 Å². The SMILES string of the molecule is Cc1nn2ccccc2c1CCCN. The van der Waals surface area contributed by atoms with Crippen LogP contribution >= 0.6 is 0 Å². The van der Waals surface area contributed by atoms with Crippen molar-refractivity contribution >= 4 is 5.52 Å². The first-order chi connectivity index (χ1) is 6.83. The van der Waals surface area contributed by atoms with E-state index in [1.54, 1.807) is 0 Å². The van der Waals surface area contributed by atoms with Crippen LogP contribution in [-0.2, 0) is 6.42 Å². The Kier molecular flexibility index (Phi) is 2.50. The lowest BCUT2D eigenvalue weighted by atomic mass is 10.1. The molecule has 0 aromatic carbocycles. The minimum atomic E-state index is 0.740. The number of nitrogens with zero attached hydrogens (tertiary/aromatic N) is 2. The Labute approximate surface area is 83.5 Å². The molecule has 3 heteroatoms. The number of hydrogen-bond donors (Lipinski definition) is 1. The summed E-state index contributed by atoms with van der Waals surface area (Å²) in [5.74, 6) is 0. The zero-order chi connectivity index (χ0) is 9.97. The lowest BCUT2D eigenvalue weighted by molar-refractivity contribution is 0.831. The van der Waals surface area contributed by atoms with Crippen molar-refractivity contribution in [2.24, 2.45) is 5.73 Å². The minimum Gasteiger partial charge on any atom is -0.330 e. The topological polar surface area (TPSA) is 43.3 Å². The number of rotatable bonds is 3. The maximum atomic E-state index is 5.51. The lowest BCUT2D eigenvalue weighted by Crippen LogP contribution is -2.00. The Morgan fingerprint density at radius 2 is 2.29 bits per heavy atom. The van der Waals surface area contributed by atoms with Crippen molar-refractivity contribution < 1.29 is 0 Å². The summed E-state index contributed by atoms with van der Waals surface area (Å²) >= 11 is 0.